The average molecular weight is 270 g/mol. The second-order valence-electron chi connectivity index (χ2n) is 4.41. The zero-order valence-electron chi connectivity index (χ0n) is 11.6. The molecule has 0 spiro atoms. The Kier molecular flexibility index (Phi) is 4.20. The maximum atomic E-state index is 5.74. The van der Waals surface area contributed by atoms with Gasteiger partial charge >= 0.3 is 0 Å². The van der Waals surface area contributed by atoms with Crippen LogP contribution in [0.15, 0.2) is 46.6 Å². The van der Waals surface area contributed by atoms with Crippen molar-refractivity contribution in [3.05, 3.63) is 42.0 Å². The highest BCUT2D eigenvalue weighted by molar-refractivity contribution is 5.60. The first-order valence-electron chi connectivity index (χ1n) is 6.40. The van der Waals surface area contributed by atoms with Gasteiger partial charge in [0.15, 0.2) is 0 Å². The van der Waals surface area contributed by atoms with Gasteiger partial charge in [-0.05, 0) is 49.7 Å². The van der Waals surface area contributed by atoms with E-state index in [9.17, 15) is 0 Å². The predicted octanol–water partition coefficient (Wildman–Crippen LogP) is 3.97. The predicted molar refractivity (Wildman–Crippen MR) is 81.8 cm³/mol. The van der Waals surface area contributed by atoms with Crippen LogP contribution in [0.25, 0.3) is 0 Å². The van der Waals surface area contributed by atoms with Crippen LogP contribution in [-0.2, 0) is 0 Å². The Morgan fingerprint density at radius 2 is 1.55 bits per heavy atom. The molecule has 0 fully saturated rings. The fraction of sp³-hybridized carbons (Fsp3) is 0.200. The highest BCUT2D eigenvalue weighted by Crippen LogP contribution is 2.32. The number of aryl methyl sites for hydroxylation is 1. The third-order valence-electron chi connectivity index (χ3n) is 2.77. The summed E-state index contributed by atoms with van der Waals surface area (Å²) in [5, 5.41) is 8.47. The van der Waals surface area contributed by atoms with E-state index in [0.717, 1.165) is 11.3 Å². The summed E-state index contributed by atoms with van der Waals surface area (Å²) in [6.07, 6.45) is 0. The smallest absolute Gasteiger partial charge is 0.148 e. The Bertz CT molecular complexity index is 638. The third kappa shape index (κ3) is 3.26. The van der Waals surface area contributed by atoms with Crippen LogP contribution in [0.3, 0.4) is 0 Å². The van der Waals surface area contributed by atoms with E-state index in [2.05, 4.69) is 10.2 Å². The molecule has 2 rings (SSSR count). The number of azo groups is 1. The summed E-state index contributed by atoms with van der Waals surface area (Å²) in [6, 6.07) is 10.8. The molecule has 2 aromatic rings. The van der Waals surface area contributed by atoms with E-state index in [1.54, 1.807) is 24.3 Å². The lowest BCUT2D eigenvalue weighted by Crippen LogP contribution is -1.93. The Balaban J connectivity index is 2.31. The third-order valence-corrected chi connectivity index (χ3v) is 2.77. The molecule has 0 saturated carbocycles. The standard InChI is InChI=1S/C15H18N4O/c1-3-20-15-9-12(17)5-7-14(15)19-18-13-6-4-11(16)8-10(13)2/h4-9H,3,16-17H2,1-2H3. The monoisotopic (exact) mass is 270 g/mol. The molecule has 5 heteroatoms. The number of ether oxygens (including phenoxy) is 1. The summed E-state index contributed by atoms with van der Waals surface area (Å²) in [7, 11) is 0. The van der Waals surface area contributed by atoms with Gasteiger partial charge in [-0.1, -0.05) is 0 Å². The second-order valence-corrected chi connectivity index (χ2v) is 4.41. The molecule has 0 radical (unpaired) electrons. The van der Waals surface area contributed by atoms with Gasteiger partial charge in [0.25, 0.3) is 0 Å². The molecule has 0 aliphatic heterocycles. The number of rotatable bonds is 4. The lowest BCUT2D eigenvalue weighted by molar-refractivity contribution is 0.341. The van der Waals surface area contributed by atoms with Gasteiger partial charge in [-0.25, -0.2) is 0 Å². The van der Waals surface area contributed by atoms with Crippen molar-refractivity contribution in [1.82, 2.24) is 0 Å². The Morgan fingerprint density at radius 1 is 0.950 bits per heavy atom. The van der Waals surface area contributed by atoms with Crippen LogP contribution >= 0.6 is 0 Å². The maximum Gasteiger partial charge on any atom is 0.148 e. The molecule has 0 aromatic heterocycles. The van der Waals surface area contributed by atoms with Gasteiger partial charge in [0, 0.05) is 17.4 Å². The van der Waals surface area contributed by atoms with E-state index in [1.165, 1.54) is 0 Å². The van der Waals surface area contributed by atoms with Crippen molar-refractivity contribution in [3.63, 3.8) is 0 Å². The molecule has 0 aliphatic carbocycles. The van der Waals surface area contributed by atoms with Crippen molar-refractivity contribution in [2.45, 2.75) is 13.8 Å². The summed E-state index contributed by atoms with van der Waals surface area (Å²) < 4.78 is 5.50. The quantitative estimate of drug-likeness (QED) is 0.651. The summed E-state index contributed by atoms with van der Waals surface area (Å²) >= 11 is 0. The Labute approximate surface area is 118 Å². The summed E-state index contributed by atoms with van der Waals surface area (Å²) in [5.74, 6) is 0.629. The number of anilines is 2. The van der Waals surface area contributed by atoms with Crippen LogP contribution < -0.4 is 16.2 Å². The molecule has 0 unspecified atom stereocenters. The van der Waals surface area contributed by atoms with Gasteiger partial charge in [0.05, 0.1) is 12.3 Å². The van der Waals surface area contributed by atoms with Crippen molar-refractivity contribution in [3.8, 4) is 5.75 Å². The molecular weight excluding hydrogens is 252 g/mol. The van der Waals surface area contributed by atoms with Gasteiger partial charge in [0.2, 0.25) is 0 Å². The zero-order valence-corrected chi connectivity index (χ0v) is 11.6. The zero-order chi connectivity index (χ0) is 14.5. The van der Waals surface area contributed by atoms with Crippen LogP contribution in [-0.4, -0.2) is 6.61 Å². The average Bonchev–Trinajstić information content (AvgIpc) is 2.40. The van der Waals surface area contributed by atoms with E-state index in [-0.39, 0.29) is 0 Å². The topological polar surface area (TPSA) is 86.0 Å². The second kappa shape index (κ2) is 6.06. The highest BCUT2D eigenvalue weighted by Gasteiger charge is 2.04. The lowest BCUT2D eigenvalue weighted by Gasteiger charge is -2.07. The minimum absolute atomic E-state index is 0.548. The van der Waals surface area contributed by atoms with Crippen LogP contribution in [0.2, 0.25) is 0 Å². The van der Waals surface area contributed by atoms with Crippen molar-refractivity contribution < 1.29 is 4.74 Å². The summed E-state index contributed by atoms with van der Waals surface area (Å²) in [5.41, 5.74) is 15.2. The number of hydrogen-bond acceptors (Lipinski definition) is 5. The molecule has 4 N–H and O–H groups in total. The number of nitrogen functional groups attached to an aromatic ring is 2. The minimum Gasteiger partial charge on any atom is -0.491 e. The molecule has 0 heterocycles. The molecule has 0 atom stereocenters. The van der Waals surface area contributed by atoms with Crippen LogP contribution in [0.1, 0.15) is 12.5 Å². The SMILES string of the molecule is CCOc1cc(N)ccc1N=Nc1ccc(N)cc1C. The van der Waals surface area contributed by atoms with Crippen molar-refractivity contribution in [2.24, 2.45) is 10.2 Å². The van der Waals surface area contributed by atoms with Gasteiger partial charge in [-0.2, -0.15) is 5.11 Å². The molecule has 0 saturated heterocycles. The maximum absolute atomic E-state index is 5.74. The number of benzene rings is 2. The normalized spacial score (nSPS) is 10.9. The van der Waals surface area contributed by atoms with Crippen LogP contribution in [0.5, 0.6) is 5.75 Å². The molecule has 0 bridgehead atoms. The molecule has 5 nitrogen and oxygen atoms in total. The van der Waals surface area contributed by atoms with Crippen molar-refractivity contribution in [2.75, 3.05) is 18.1 Å². The van der Waals surface area contributed by atoms with E-state index >= 15 is 0 Å². The minimum atomic E-state index is 0.548. The first-order chi connectivity index (χ1) is 9.60. The fourth-order valence-electron chi connectivity index (χ4n) is 1.78. The van der Waals surface area contributed by atoms with Crippen molar-refractivity contribution >= 4 is 22.7 Å². The molecule has 0 aliphatic rings. The highest BCUT2D eigenvalue weighted by atomic mass is 16.5. The number of nitrogens with zero attached hydrogens (tertiary/aromatic N) is 2. The first kappa shape index (κ1) is 13.9. The van der Waals surface area contributed by atoms with E-state index in [1.807, 2.05) is 26.0 Å². The van der Waals surface area contributed by atoms with E-state index < -0.39 is 0 Å². The van der Waals surface area contributed by atoms with E-state index in [4.69, 9.17) is 16.2 Å². The van der Waals surface area contributed by atoms with Gasteiger partial charge < -0.3 is 16.2 Å². The lowest BCUT2D eigenvalue weighted by atomic mass is 10.2. The first-order valence-corrected chi connectivity index (χ1v) is 6.40. The Hall–Kier alpha value is -2.56. The van der Waals surface area contributed by atoms with Crippen LogP contribution in [0, 0.1) is 6.92 Å². The summed E-state index contributed by atoms with van der Waals surface area (Å²) in [4.78, 5) is 0. The van der Waals surface area contributed by atoms with E-state index in [0.29, 0.717) is 29.4 Å². The fourth-order valence-corrected chi connectivity index (χ4v) is 1.78. The number of nitrogens with two attached hydrogens (primary N) is 2. The van der Waals surface area contributed by atoms with Gasteiger partial charge in [-0.3, -0.25) is 0 Å². The molecule has 20 heavy (non-hydrogen) atoms. The number of hydrogen-bond donors (Lipinski definition) is 2. The Morgan fingerprint density at radius 3 is 2.20 bits per heavy atom. The van der Waals surface area contributed by atoms with Crippen molar-refractivity contribution in [1.29, 1.82) is 0 Å². The van der Waals surface area contributed by atoms with Gasteiger partial charge in [-0.15, -0.1) is 5.11 Å². The largest absolute Gasteiger partial charge is 0.491 e. The molecule has 0 amide bonds. The summed E-state index contributed by atoms with van der Waals surface area (Å²) in [6.45, 7) is 4.40. The molecular formula is C15H18N4O. The molecule has 2 aromatic carbocycles. The van der Waals surface area contributed by atoms with Crippen LogP contribution in [0.4, 0.5) is 22.7 Å². The molecule has 104 valence electrons. The van der Waals surface area contributed by atoms with Gasteiger partial charge in [0.1, 0.15) is 11.4 Å².